The quantitative estimate of drug-likeness (QED) is 0.806. The van der Waals surface area contributed by atoms with Crippen LogP contribution in [0.2, 0.25) is 0 Å². The molecular weight excluding hydrogens is 245 g/mol. The molecule has 0 spiro atoms. The summed E-state index contributed by atoms with van der Waals surface area (Å²) in [4.78, 5) is 0. The van der Waals surface area contributed by atoms with E-state index in [-0.39, 0.29) is 17.2 Å². The summed E-state index contributed by atoms with van der Waals surface area (Å²) in [6.45, 7) is 7.54. The minimum Gasteiger partial charge on any atom is -0.494 e. The Bertz CT molecular complexity index is 402. The van der Waals surface area contributed by atoms with E-state index in [0.29, 0.717) is 18.8 Å². The molecule has 0 aliphatic rings. The van der Waals surface area contributed by atoms with Gasteiger partial charge in [-0.15, -0.1) is 0 Å². The van der Waals surface area contributed by atoms with E-state index in [1.54, 1.807) is 12.1 Å². The summed E-state index contributed by atoms with van der Waals surface area (Å²) >= 11 is 0. The minimum atomic E-state index is -0.398. The molecule has 2 N–H and O–H groups in total. The van der Waals surface area contributed by atoms with Gasteiger partial charge in [0.25, 0.3) is 0 Å². The van der Waals surface area contributed by atoms with Crippen LogP contribution in [-0.4, -0.2) is 20.3 Å². The summed E-state index contributed by atoms with van der Waals surface area (Å²) in [5, 5.41) is 0. The highest BCUT2D eigenvalue weighted by Crippen LogP contribution is 2.22. The Balaban J connectivity index is 2.45. The van der Waals surface area contributed by atoms with Crippen molar-refractivity contribution < 1.29 is 13.9 Å². The normalized spacial score (nSPS) is 13.4. The van der Waals surface area contributed by atoms with Gasteiger partial charge in [-0.1, -0.05) is 26.8 Å². The zero-order chi connectivity index (χ0) is 14.5. The summed E-state index contributed by atoms with van der Waals surface area (Å²) in [7, 11) is 1.44. The predicted molar refractivity (Wildman–Crippen MR) is 74.8 cm³/mol. The van der Waals surface area contributed by atoms with Crippen molar-refractivity contribution in [3.63, 3.8) is 0 Å². The van der Waals surface area contributed by atoms with Gasteiger partial charge < -0.3 is 15.2 Å². The number of halogens is 1. The van der Waals surface area contributed by atoms with E-state index in [2.05, 4.69) is 20.8 Å². The van der Waals surface area contributed by atoms with Crippen molar-refractivity contribution in [2.75, 3.05) is 20.3 Å². The molecule has 1 rings (SSSR count). The van der Waals surface area contributed by atoms with Gasteiger partial charge >= 0.3 is 0 Å². The monoisotopic (exact) mass is 269 g/mol. The molecule has 0 saturated carbocycles. The SMILES string of the molecule is COc1ccc(C(N)COCCC(C)(C)C)cc1F. The molecule has 0 radical (unpaired) electrons. The Hall–Kier alpha value is -1.13. The van der Waals surface area contributed by atoms with Crippen molar-refractivity contribution in [1.82, 2.24) is 0 Å². The van der Waals surface area contributed by atoms with Crippen LogP contribution in [0.3, 0.4) is 0 Å². The molecule has 0 aromatic heterocycles. The topological polar surface area (TPSA) is 44.5 Å². The average molecular weight is 269 g/mol. The minimum absolute atomic E-state index is 0.226. The third-order valence-corrected chi connectivity index (χ3v) is 2.90. The lowest BCUT2D eigenvalue weighted by atomic mass is 9.93. The van der Waals surface area contributed by atoms with E-state index in [1.807, 2.05) is 0 Å². The number of hydrogen-bond acceptors (Lipinski definition) is 3. The Kier molecular flexibility index (Phi) is 5.76. The lowest BCUT2D eigenvalue weighted by Gasteiger charge is -2.19. The predicted octanol–water partition coefficient (Wildman–Crippen LogP) is 3.29. The first kappa shape index (κ1) is 15.9. The molecule has 19 heavy (non-hydrogen) atoms. The van der Waals surface area contributed by atoms with Crippen molar-refractivity contribution in [3.05, 3.63) is 29.6 Å². The van der Waals surface area contributed by atoms with Crippen LogP contribution >= 0.6 is 0 Å². The highest BCUT2D eigenvalue weighted by Gasteiger charge is 2.12. The van der Waals surface area contributed by atoms with E-state index < -0.39 is 5.82 Å². The van der Waals surface area contributed by atoms with Crippen LogP contribution < -0.4 is 10.5 Å². The maximum absolute atomic E-state index is 13.5. The van der Waals surface area contributed by atoms with E-state index in [1.165, 1.54) is 13.2 Å². The lowest BCUT2D eigenvalue weighted by Crippen LogP contribution is -2.19. The van der Waals surface area contributed by atoms with E-state index in [4.69, 9.17) is 15.2 Å². The van der Waals surface area contributed by atoms with Gasteiger partial charge in [0.1, 0.15) is 0 Å². The largest absolute Gasteiger partial charge is 0.494 e. The summed E-state index contributed by atoms with van der Waals surface area (Å²) in [5.74, 6) is -0.172. The molecule has 1 unspecified atom stereocenters. The van der Waals surface area contributed by atoms with Crippen LogP contribution in [0.1, 0.15) is 38.8 Å². The number of ether oxygens (including phenoxy) is 2. The molecule has 108 valence electrons. The second-order valence-electron chi connectivity index (χ2n) is 5.89. The highest BCUT2D eigenvalue weighted by atomic mass is 19.1. The van der Waals surface area contributed by atoms with Gasteiger partial charge in [0.15, 0.2) is 11.6 Å². The molecule has 0 aliphatic carbocycles. The Morgan fingerprint density at radius 2 is 2.00 bits per heavy atom. The van der Waals surface area contributed by atoms with Gasteiger partial charge in [-0.25, -0.2) is 4.39 Å². The molecule has 1 aromatic carbocycles. The average Bonchev–Trinajstić information content (AvgIpc) is 2.33. The van der Waals surface area contributed by atoms with Crippen LogP contribution in [-0.2, 0) is 4.74 Å². The third-order valence-electron chi connectivity index (χ3n) is 2.90. The van der Waals surface area contributed by atoms with Crippen LogP contribution in [0.5, 0.6) is 5.75 Å². The summed E-state index contributed by atoms with van der Waals surface area (Å²) in [6, 6.07) is 4.43. The van der Waals surface area contributed by atoms with Gasteiger partial charge in [0.05, 0.1) is 19.8 Å². The van der Waals surface area contributed by atoms with E-state index in [0.717, 1.165) is 6.42 Å². The van der Waals surface area contributed by atoms with Gasteiger partial charge in [0.2, 0.25) is 0 Å². The van der Waals surface area contributed by atoms with Crippen LogP contribution in [0.4, 0.5) is 4.39 Å². The second kappa shape index (κ2) is 6.87. The number of hydrogen-bond donors (Lipinski definition) is 1. The first-order chi connectivity index (χ1) is 8.83. The first-order valence-electron chi connectivity index (χ1n) is 6.50. The summed E-state index contributed by atoms with van der Waals surface area (Å²) in [6.07, 6.45) is 0.969. The zero-order valence-electron chi connectivity index (χ0n) is 12.2. The molecular formula is C15H24FNO2. The maximum Gasteiger partial charge on any atom is 0.165 e. The molecule has 4 heteroatoms. The molecule has 0 aliphatic heterocycles. The van der Waals surface area contributed by atoms with Crippen molar-refractivity contribution in [2.24, 2.45) is 11.1 Å². The van der Waals surface area contributed by atoms with Crippen LogP contribution in [0, 0.1) is 11.2 Å². The third kappa shape index (κ3) is 5.57. The van der Waals surface area contributed by atoms with Gasteiger partial charge in [-0.05, 0) is 29.5 Å². The lowest BCUT2D eigenvalue weighted by molar-refractivity contribution is 0.0974. The van der Waals surface area contributed by atoms with Crippen molar-refractivity contribution in [1.29, 1.82) is 0 Å². The van der Waals surface area contributed by atoms with Gasteiger partial charge in [-0.2, -0.15) is 0 Å². The molecule has 0 fully saturated rings. The standard InChI is InChI=1S/C15H24FNO2/c1-15(2,3)7-8-19-10-13(17)11-5-6-14(18-4)12(16)9-11/h5-6,9,13H,7-8,10,17H2,1-4H3. The Morgan fingerprint density at radius 1 is 1.32 bits per heavy atom. The number of nitrogens with two attached hydrogens (primary N) is 1. The number of benzene rings is 1. The number of methoxy groups -OCH3 is 1. The van der Waals surface area contributed by atoms with Crippen molar-refractivity contribution in [3.8, 4) is 5.75 Å². The van der Waals surface area contributed by atoms with Gasteiger partial charge in [0, 0.05) is 6.61 Å². The van der Waals surface area contributed by atoms with Crippen LogP contribution in [0.25, 0.3) is 0 Å². The van der Waals surface area contributed by atoms with E-state index in [9.17, 15) is 4.39 Å². The molecule has 0 heterocycles. The molecule has 0 amide bonds. The molecule has 0 saturated heterocycles. The molecule has 1 aromatic rings. The fourth-order valence-electron chi connectivity index (χ4n) is 1.60. The summed E-state index contributed by atoms with van der Waals surface area (Å²) in [5.41, 5.74) is 6.94. The Labute approximate surface area is 114 Å². The van der Waals surface area contributed by atoms with Crippen molar-refractivity contribution >= 4 is 0 Å². The van der Waals surface area contributed by atoms with Crippen LogP contribution in [0.15, 0.2) is 18.2 Å². The molecule has 0 bridgehead atoms. The molecule has 1 atom stereocenters. The fraction of sp³-hybridized carbons (Fsp3) is 0.600. The van der Waals surface area contributed by atoms with Gasteiger partial charge in [-0.3, -0.25) is 0 Å². The maximum atomic E-state index is 13.5. The first-order valence-corrected chi connectivity index (χ1v) is 6.50. The highest BCUT2D eigenvalue weighted by molar-refractivity contribution is 5.30. The Morgan fingerprint density at radius 3 is 2.53 bits per heavy atom. The fourth-order valence-corrected chi connectivity index (χ4v) is 1.60. The molecule has 3 nitrogen and oxygen atoms in total. The van der Waals surface area contributed by atoms with E-state index >= 15 is 0 Å². The number of rotatable bonds is 6. The van der Waals surface area contributed by atoms with Crippen molar-refractivity contribution in [2.45, 2.75) is 33.2 Å². The second-order valence-corrected chi connectivity index (χ2v) is 5.89. The smallest absolute Gasteiger partial charge is 0.165 e. The zero-order valence-corrected chi connectivity index (χ0v) is 12.2. The summed E-state index contributed by atoms with van der Waals surface area (Å²) < 4.78 is 23.9.